The van der Waals surface area contributed by atoms with Crippen molar-refractivity contribution in [1.29, 1.82) is 0 Å². The molecule has 0 spiro atoms. The van der Waals surface area contributed by atoms with Gasteiger partial charge in [-0.05, 0) is 50.6 Å². The number of halogens is 1. The van der Waals surface area contributed by atoms with Crippen LogP contribution in [0.5, 0.6) is 0 Å². The Balaban J connectivity index is 1.68. The Hall–Kier alpha value is -3.16. The maximum Gasteiger partial charge on any atom is 0.325 e. The molecule has 7 nitrogen and oxygen atoms in total. The third kappa shape index (κ3) is 3.55. The number of nitrogens with zero attached hydrogens (tertiary/aromatic N) is 1. The third-order valence-corrected chi connectivity index (χ3v) is 4.56. The summed E-state index contributed by atoms with van der Waals surface area (Å²) in [6, 6.07) is 7.96. The molecule has 2 N–H and O–H groups in total. The first kappa shape index (κ1) is 18.6. The summed E-state index contributed by atoms with van der Waals surface area (Å²) < 4.78 is 18.5. The largest absolute Gasteiger partial charge is 0.463 e. The Kier molecular flexibility index (Phi) is 4.73. The number of hydrogen-bond donors (Lipinski definition) is 2. The predicted molar refractivity (Wildman–Crippen MR) is 94.0 cm³/mol. The van der Waals surface area contributed by atoms with E-state index in [1.807, 2.05) is 0 Å². The van der Waals surface area contributed by atoms with Crippen molar-refractivity contribution in [2.45, 2.75) is 32.4 Å². The maximum atomic E-state index is 13.0. The van der Waals surface area contributed by atoms with Crippen LogP contribution in [0.15, 0.2) is 40.8 Å². The summed E-state index contributed by atoms with van der Waals surface area (Å²) in [5, 5.41) is 5.27. The summed E-state index contributed by atoms with van der Waals surface area (Å²) in [6.45, 7) is 4.57. The molecule has 27 heavy (non-hydrogen) atoms. The van der Waals surface area contributed by atoms with E-state index in [1.54, 1.807) is 38.1 Å². The minimum Gasteiger partial charge on any atom is -0.463 e. The molecule has 1 fully saturated rings. The molecular formula is C19H20FN3O4. The monoisotopic (exact) mass is 373 g/mol. The molecule has 8 heteroatoms. The van der Waals surface area contributed by atoms with Crippen LogP contribution in [0, 0.1) is 12.7 Å². The molecule has 3 rings (SSSR count). The Bertz CT molecular complexity index is 893. The molecule has 2 atom stereocenters. The number of hydrogen-bond acceptors (Lipinski definition) is 4. The summed E-state index contributed by atoms with van der Waals surface area (Å²) in [5.74, 6) is -0.524. The van der Waals surface area contributed by atoms with Gasteiger partial charge < -0.3 is 15.1 Å². The fraction of sp³-hybridized carbons (Fsp3) is 0.316. The van der Waals surface area contributed by atoms with Crippen LogP contribution in [-0.2, 0) is 15.1 Å². The number of carbonyl (C=O) groups excluding carboxylic acids is 3. The van der Waals surface area contributed by atoms with Gasteiger partial charge in [-0.2, -0.15) is 0 Å². The molecule has 0 bridgehead atoms. The van der Waals surface area contributed by atoms with E-state index in [0.29, 0.717) is 17.1 Å². The third-order valence-electron chi connectivity index (χ3n) is 4.56. The molecule has 142 valence electrons. The second kappa shape index (κ2) is 6.86. The quantitative estimate of drug-likeness (QED) is 0.787. The fourth-order valence-corrected chi connectivity index (χ4v) is 2.98. The van der Waals surface area contributed by atoms with E-state index >= 15 is 0 Å². The van der Waals surface area contributed by atoms with Crippen LogP contribution in [0.2, 0.25) is 0 Å². The van der Waals surface area contributed by atoms with Gasteiger partial charge in [0.1, 0.15) is 23.9 Å². The summed E-state index contributed by atoms with van der Waals surface area (Å²) >= 11 is 0. The summed E-state index contributed by atoms with van der Waals surface area (Å²) in [5.41, 5.74) is -0.647. The van der Waals surface area contributed by atoms with Gasteiger partial charge in [0.15, 0.2) is 5.54 Å². The van der Waals surface area contributed by atoms with Crippen LogP contribution < -0.4 is 10.6 Å². The molecular weight excluding hydrogens is 353 g/mol. The molecule has 1 aromatic carbocycles. The Labute approximate surface area is 155 Å². The number of rotatable bonds is 5. The zero-order valence-corrected chi connectivity index (χ0v) is 15.2. The lowest BCUT2D eigenvalue weighted by Crippen LogP contribution is -2.43. The lowest BCUT2D eigenvalue weighted by Gasteiger charge is -2.20. The first-order valence-corrected chi connectivity index (χ1v) is 8.46. The van der Waals surface area contributed by atoms with Gasteiger partial charge in [-0.3, -0.25) is 14.5 Å². The Morgan fingerprint density at radius 2 is 1.93 bits per heavy atom. The Morgan fingerprint density at radius 1 is 1.26 bits per heavy atom. The molecule has 1 saturated heterocycles. The number of furan rings is 1. The van der Waals surface area contributed by atoms with E-state index in [1.165, 1.54) is 19.1 Å². The van der Waals surface area contributed by atoms with Crippen molar-refractivity contribution >= 4 is 17.8 Å². The number of carbonyl (C=O) groups is 3. The molecule has 0 radical (unpaired) electrons. The number of imide groups is 1. The van der Waals surface area contributed by atoms with Crippen molar-refractivity contribution in [3.8, 4) is 0 Å². The van der Waals surface area contributed by atoms with E-state index in [9.17, 15) is 18.8 Å². The van der Waals surface area contributed by atoms with Crippen LogP contribution in [0.3, 0.4) is 0 Å². The van der Waals surface area contributed by atoms with E-state index in [-0.39, 0.29) is 5.82 Å². The van der Waals surface area contributed by atoms with Crippen molar-refractivity contribution in [2.24, 2.45) is 0 Å². The van der Waals surface area contributed by atoms with E-state index < -0.39 is 36.0 Å². The van der Waals surface area contributed by atoms with Gasteiger partial charge in [0.05, 0.1) is 6.04 Å². The van der Waals surface area contributed by atoms with Crippen LogP contribution in [0.4, 0.5) is 9.18 Å². The van der Waals surface area contributed by atoms with Crippen molar-refractivity contribution in [3.05, 3.63) is 59.3 Å². The molecule has 2 heterocycles. The molecule has 4 amide bonds. The van der Waals surface area contributed by atoms with Crippen molar-refractivity contribution in [1.82, 2.24) is 15.5 Å². The van der Waals surface area contributed by atoms with Gasteiger partial charge in [0.25, 0.3) is 5.91 Å². The number of aryl methyl sites for hydroxylation is 1. The van der Waals surface area contributed by atoms with Crippen LogP contribution in [0.1, 0.15) is 37.0 Å². The predicted octanol–water partition coefficient (Wildman–Crippen LogP) is 2.37. The van der Waals surface area contributed by atoms with E-state index in [2.05, 4.69) is 10.6 Å². The SMILES string of the molecule is Cc1ccc([C@]2(C)NC(=O)N(CC(=O)N[C@@H](C)c3ccc(F)cc3)C2=O)o1. The van der Waals surface area contributed by atoms with E-state index in [4.69, 9.17) is 4.42 Å². The summed E-state index contributed by atoms with van der Waals surface area (Å²) in [4.78, 5) is 38.1. The number of amides is 4. The normalized spacial score (nSPS) is 20.5. The maximum absolute atomic E-state index is 13.0. The Morgan fingerprint density at radius 3 is 2.52 bits per heavy atom. The highest BCUT2D eigenvalue weighted by Gasteiger charge is 2.51. The van der Waals surface area contributed by atoms with Crippen LogP contribution in [-0.4, -0.2) is 29.3 Å². The zero-order valence-electron chi connectivity index (χ0n) is 15.2. The van der Waals surface area contributed by atoms with Gasteiger partial charge in [-0.1, -0.05) is 12.1 Å². The highest BCUT2D eigenvalue weighted by atomic mass is 19.1. The smallest absolute Gasteiger partial charge is 0.325 e. The molecule has 0 saturated carbocycles. The summed E-state index contributed by atoms with van der Waals surface area (Å²) in [6.07, 6.45) is 0. The lowest BCUT2D eigenvalue weighted by atomic mass is 9.99. The second-order valence-corrected chi connectivity index (χ2v) is 6.70. The topological polar surface area (TPSA) is 91.7 Å². The van der Waals surface area contributed by atoms with E-state index in [0.717, 1.165) is 4.90 Å². The van der Waals surface area contributed by atoms with Crippen molar-refractivity contribution in [3.63, 3.8) is 0 Å². The standard InChI is InChI=1S/C19H20FN3O4/c1-11-4-9-15(27-11)19(3)17(25)23(18(26)22-19)10-16(24)21-12(2)13-5-7-14(20)8-6-13/h4-9,12H,10H2,1-3H3,(H,21,24)(H,22,26)/t12-,19-/m0/s1. The fourth-order valence-electron chi connectivity index (χ4n) is 2.98. The number of benzene rings is 1. The van der Waals surface area contributed by atoms with Gasteiger partial charge >= 0.3 is 6.03 Å². The molecule has 0 aliphatic carbocycles. The summed E-state index contributed by atoms with van der Waals surface area (Å²) in [7, 11) is 0. The van der Waals surface area contributed by atoms with Gasteiger partial charge in [-0.15, -0.1) is 0 Å². The first-order chi connectivity index (χ1) is 12.7. The highest BCUT2D eigenvalue weighted by molar-refractivity contribution is 6.08. The van der Waals surface area contributed by atoms with Crippen LogP contribution in [0.25, 0.3) is 0 Å². The molecule has 1 aliphatic heterocycles. The van der Waals surface area contributed by atoms with Crippen molar-refractivity contribution in [2.75, 3.05) is 6.54 Å². The van der Waals surface area contributed by atoms with Crippen LogP contribution >= 0.6 is 0 Å². The van der Waals surface area contributed by atoms with Gasteiger partial charge in [0, 0.05) is 0 Å². The highest BCUT2D eigenvalue weighted by Crippen LogP contribution is 2.30. The first-order valence-electron chi connectivity index (χ1n) is 8.46. The van der Waals surface area contributed by atoms with Gasteiger partial charge in [0.2, 0.25) is 5.91 Å². The minimum absolute atomic E-state index is 0.306. The average molecular weight is 373 g/mol. The lowest BCUT2D eigenvalue weighted by molar-refractivity contribution is -0.135. The molecule has 1 aromatic heterocycles. The van der Waals surface area contributed by atoms with Crippen molar-refractivity contribution < 1.29 is 23.2 Å². The zero-order chi connectivity index (χ0) is 19.8. The molecule has 1 aliphatic rings. The molecule has 0 unspecified atom stereocenters. The second-order valence-electron chi connectivity index (χ2n) is 6.70. The number of nitrogens with one attached hydrogen (secondary N) is 2. The minimum atomic E-state index is -1.35. The number of urea groups is 1. The van der Waals surface area contributed by atoms with Gasteiger partial charge in [-0.25, -0.2) is 9.18 Å². The average Bonchev–Trinajstić information content (AvgIpc) is 3.14. The molecule has 2 aromatic rings.